The number of ether oxygens (including phenoxy) is 1. The summed E-state index contributed by atoms with van der Waals surface area (Å²) in [6, 6.07) is 9.83. The molecule has 3 aromatic heterocycles. The number of hydrogen-bond donors (Lipinski definition) is 1. The summed E-state index contributed by atoms with van der Waals surface area (Å²) in [6.07, 6.45) is 5.93. The molecule has 172 valence electrons. The van der Waals surface area contributed by atoms with E-state index in [1.54, 1.807) is 30.7 Å². The van der Waals surface area contributed by atoms with Gasteiger partial charge in [0, 0.05) is 18.7 Å². The third-order valence-corrected chi connectivity index (χ3v) is 6.08. The second-order valence-corrected chi connectivity index (χ2v) is 8.28. The van der Waals surface area contributed by atoms with Crippen LogP contribution in [0.25, 0.3) is 22.8 Å². The first kappa shape index (κ1) is 20.5. The highest BCUT2D eigenvalue weighted by Crippen LogP contribution is 2.34. The molecular weight excluding hydrogens is 439 g/mol. The van der Waals surface area contributed by atoms with Crippen molar-refractivity contribution in [3.8, 4) is 22.8 Å². The van der Waals surface area contributed by atoms with Gasteiger partial charge >= 0.3 is 0 Å². The van der Waals surface area contributed by atoms with Crippen LogP contribution in [0.3, 0.4) is 0 Å². The van der Waals surface area contributed by atoms with Crippen molar-refractivity contribution < 1.29 is 18.3 Å². The Kier molecular flexibility index (Phi) is 5.06. The van der Waals surface area contributed by atoms with E-state index in [1.807, 2.05) is 10.6 Å². The average molecular weight is 460 g/mol. The largest absolute Gasteiger partial charge is 0.442 e. The summed E-state index contributed by atoms with van der Waals surface area (Å²) in [5, 5.41) is 2.76. The van der Waals surface area contributed by atoms with Crippen LogP contribution in [0.15, 0.2) is 59.6 Å². The number of carbonyl (C=O) groups is 1. The molecule has 0 atom stereocenters. The number of carbonyl (C=O) groups excluding carboxylic acids is 1. The topological polar surface area (TPSA) is 98.3 Å². The van der Waals surface area contributed by atoms with Crippen LogP contribution >= 0.6 is 0 Å². The molecule has 2 aliphatic rings. The normalized spacial score (nSPS) is 15.6. The molecular formula is C24H21FN6O3. The number of nitrogens with one attached hydrogen (secondary N) is 1. The van der Waals surface area contributed by atoms with E-state index in [4.69, 9.17) is 9.15 Å². The number of anilines is 2. The van der Waals surface area contributed by atoms with Gasteiger partial charge in [0.05, 0.1) is 37.5 Å². The van der Waals surface area contributed by atoms with Crippen molar-refractivity contribution in [1.29, 1.82) is 0 Å². The smallest absolute Gasteiger partial charge is 0.278 e. The van der Waals surface area contributed by atoms with E-state index in [0.29, 0.717) is 36.0 Å². The standard InChI is InChI=1S/C24H21FN6O3/c25-16-4-2-15(3-5-16)21-22(31(14-27-21)18-11-33-12-18)24-28-19(13-34-24)23(32)29-20-7-6-17(10-26-20)30-8-1-9-30/h2-7,10,13-14,18H,1,8-9,11-12H2,(H,26,29,32). The second kappa shape index (κ2) is 8.38. The van der Waals surface area contributed by atoms with Gasteiger partial charge < -0.3 is 23.9 Å². The quantitative estimate of drug-likeness (QED) is 0.468. The molecule has 34 heavy (non-hydrogen) atoms. The maximum absolute atomic E-state index is 13.5. The van der Waals surface area contributed by atoms with E-state index >= 15 is 0 Å². The fourth-order valence-electron chi connectivity index (χ4n) is 3.94. The second-order valence-electron chi connectivity index (χ2n) is 8.28. The highest BCUT2D eigenvalue weighted by atomic mass is 19.1. The number of imidazole rings is 1. The molecule has 1 aromatic carbocycles. The van der Waals surface area contributed by atoms with Crippen molar-refractivity contribution in [2.75, 3.05) is 36.5 Å². The molecule has 9 nitrogen and oxygen atoms in total. The number of pyridine rings is 1. The highest BCUT2D eigenvalue weighted by Gasteiger charge is 2.29. The molecule has 1 N–H and O–H groups in total. The molecule has 5 heterocycles. The van der Waals surface area contributed by atoms with E-state index in [2.05, 4.69) is 25.2 Å². The number of amides is 1. The fourth-order valence-corrected chi connectivity index (χ4v) is 3.94. The summed E-state index contributed by atoms with van der Waals surface area (Å²) in [5.41, 5.74) is 3.06. The zero-order valence-electron chi connectivity index (χ0n) is 18.1. The Bertz CT molecular complexity index is 1320. The lowest BCUT2D eigenvalue weighted by molar-refractivity contribution is -0.0228. The molecule has 1 amide bonds. The van der Waals surface area contributed by atoms with Gasteiger partial charge in [-0.3, -0.25) is 4.79 Å². The number of aromatic nitrogens is 4. The van der Waals surface area contributed by atoms with Crippen LogP contribution in [0.2, 0.25) is 0 Å². The fraction of sp³-hybridized carbons (Fsp3) is 0.250. The molecule has 2 aliphatic heterocycles. The Morgan fingerprint density at radius 3 is 2.56 bits per heavy atom. The maximum Gasteiger partial charge on any atom is 0.278 e. The molecule has 0 bridgehead atoms. The summed E-state index contributed by atoms with van der Waals surface area (Å²) in [5.74, 6) is -0.0863. The van der Waals surface area contributed by atoms with E-state index in [9.17, 15) is 9.18 Å². The van der Waals surface area contributed by atoms with Gasteiger partial charge in [-0.25, -0.2) is 19.3 Å². The molecule has 0 saturated carbocycles. The van der Waals surface area contributed by atoms with E-state index < -0.39 is 5.91 Å². The third-order valence-electron chi connectivity index (χ3n) is 6.08. The van der Waals surface area contributed by atoms with Gasteiger partial charge in [-0.15, -0.1) is 0 Å². The van der Waals surface area contributed by atoms with Crippen molar-refractivity contribution in [2.45, 2.75) is 12.5 Å². The lowest BCUT2D eigenvalue weighted by atomic mass is 10.1. The molecule has 10 heteroatoms. The maximum atomic E-state index is 13.5. The van der Waals surface area contributed by atoms with Crippen molar-refractivity contribution >= 4 is 17.4 Å². The monoisotopic (exact) mass is 460 g/mol. The lowest BCUT2D eigenvalue weighted by Crippen LogP contribution is -2.36. The number of halogens is 1. The Balaban J connectivity index is 1.27. The SMILES string of the molecule is O=C(Nc1ccc(N2CCC2)cn1)c1coc(-c2c(-c3ccc(F)cc3)ncn2C2COC2)n1. The summed E-state index contributed by atoms with van der Waals surface area (Å²) in [7, 11) is 0. The number of nitrogens with zero attached hydrogens (tertiary/aromatic N) is 5. The van der Waals surface area contributed by atoms with Crippen LogP contribution in [-0.4, -0.2) is 51.7 Å². The minimum Gasteiger partial charge on any atom is -0.442 e. The van der Waals surface area contributed by atoms with Gasteiger partial charge in [0.2, 0.25) is 5.89 Å². The van der Waals surface area contributed by atoms with Gasteiger partial charge in [0.15, 0.2) is 5.69 Å². The van der Waals surface area contributed by atoms with E-state index in [0.717, 1.165) is 18.8 Å². The Hall–Kier alpha value is -4.05. The number of rotatable bonds is 6. The Morgan fingerprint density at radius 2 is 1.91 bits per heavy atom. The summed E-state index contributed by atoms with van der Waals surface area (Å²) < 4.78 is 26.4. The Labute approximate surface area is 194 Å². The molecule has 2 fully saturated rings. The first-order chi connectivity index (χ1) is 16.7. The van der Waals surface area contributed by atoms with Gasteiger partial charge in [-0.2, -0.15) is 0 Å². The predicted octanol–water partition coefficient (Wildman–Crippen LogP) is 3.77. The number of hydrogen-bond acceptors (Lipinski definition) is 7. The van der Waals surface area contributed by atoms with Gasteiger partial charge in [0.1, 0.15) is 29.3 Å². The van der Waals surface area contributed by atoms with Crippen LogP contribution in [0.5, 0.6) is 0 Å². The van der Waals surface area contributed by atoms with E-state index in [-0.39, 0.29) is 23.4 Å². The molecule has 0 aliphatic carbocycles. The summed E-state index contributed by atoms with van der Waals surface area (Å²) >= 11 is 0. The van der Waals surface area contributed by atoms with Gasteiger partial charge in [-0.05, 0) is 42.8 Å². The minimum absolute atomic E-state index is 0.0787. The van der Waals surface area contributed by atoms with Gasteiger partial charge in [0.25, 0.3) is 5.91 Å². The molecule has 2 saturated heterocycles. The van der Waals surface area contributed by atoms with Crippen molar-refractivity contribution in [3.05, 3.63) is 66.7 Å². The van der Waals surface area contributed by atoms with Crippen LogP contribution < -0.4 is 10.2 Å². The van der Waals surface area contributed by atoms with Crippen molar-refractivity contribution in [3.63, 3.8) is 0 Å². The van der Waals surface area contributed by atoms with Crippen LogP contribution in [0.1, 0.15) is 23.0 Å². The predicted molar refractivity (Wildman–Crippen MR) is 122 cm³/mol. The zero-order chi connectivity index (χ0) is 23.1. The van der Waals surface area contributed by atoms with Crippen LogP contribution in [-0.2, 0) is 4.74 Å². The molecule has 6 rings (SSSR count). The average Bonchev–Trinajstić information content (AvgIpc) is 3.41. The molecule has 0 unspecified atom stereocenters. The molecule has 4 aromatic rings. The van der Waals surface area contributed by atoms with Crippen molar-refractivity contribution in [2.24, 2.45) is 0 Å². The van der Waals surface area contributed by atoms with Gasteiger partial charge in [-0.1, -0.05) is 0 Å². The minimum atomic E-state index is -0.430. The van der Waals surface area contributed by atoms with Crippen LogP contribution in [0.4, 0.5) is 15.9 Å². The first-order valence-electron chi connectivity index (χ1n) is 11.0. The third kappa shape index (κ3) is 3.71. The summed E-state index contributed by atoms with van der Waals surface area (Å²) in [6.45, 7) is 3.13. The molecule has 0 spiro atoms. The lowest BCUT2D eigenvalue weighted by Gasteiger charge is -2.32. The van der Waals surface area contributed by atoms with E-state index in [1.165, 1.54) is 24.8 Å². The molecule has 0 radical (unpaired) electrons. The highest BCUT2D eigenvalue weighted by molar-refractivity contribution is 6.02. The van der Waals surface area contributed by atoms with Crippen molar-refractivity contribution in [1.82, 2.24) is 19.5 Å². The zero-order valence-corrected chi connectivity index (χ0v) is 18.1. The van der Waals surface area contributed by atoms with Crippen LogP contribution in [0, 0.1) is 5.82 Å². The summed E-state index contributed by atoms with van der Waals surface area (Å²) in [4.78, 5) is 28.3. The number of benzene rings is 1. The first-order valence-corrected chi connectivity index (χ1v) is 11.0. The number of oxazole rings is 1. The Morgan fingerprint density at radius 1 is 1.09 bits per heavy atom.